The molecule has 4 rings (SSSR count). The molecule has 0 spiro atoms. The Kier molecular flexibility index (Phi) is 1.96. The fraction of sp³-hybridized carbons (Fsp3) is 0. The van der Waals surface area contributed by atoms with E-state index in [0.717, 1.165) is 5.39 Å². The molecule has 0 saturated carbocycles. The van der Waals surface area contributed by atoms with Gasteiger partial charge in [0, 0.05) is 5.39 Å². The van der Waals surface area contributed by atoms with E-state index in [1.807, 2.05) is 18.2 Å². The van der Waals surface area contributed by atoms with E-state index in [1.165, 1.54) is 26.9 Å². The number of aliphatic imine (C=N–C) groups is 1. The van der Waals surface area contributed by atoms with E-state index in [1.54, 1.807) is 6.08 Å². The van der Waals surface area contributed by atoms with Crippen LogP contribution in [0.4, 0.5) is 5.69 Å². The van der Waals surface area contributed by atoms with Crippen molar-refractivity contribution in [2.45, 2.75) is 0 Å². The fourth-order valence-electron chi connectivity index (χ4n) is 2.87. The molecule has 0 aliphatic heterocycles. The molecule has 0 aromatic heterocycles. The Balaban J connectivity index is 2.38. The summed E-state index contributed by atoms with van der Waals surface area (Å²) in [7, 11) is 0. The minimum absolute atomic E-state index is 0.681. The second kappa shape index (κ2) is 3.64. The van der Waals surface area contributed by atoms with Gasteiger partial charge in [0.05, 0.1) is 5.69 Å². The van der Waals surface area contributed by atoms with Crippen LogP contribution in [-0.2, 0) is 4.79 Å². The zero-order valence-electron chi connectivity index (χ0n) is 10.1. The van der Waals surface area contributed by atoms with Crippen molar-refractivity contribution < 1.29 is 4.79 Å². The third-order valence-corrected chi connectivity index (χ3v) is 3.67. The first-order valence-corrected chi connectivity index (χ1v) is 6.13. The number of nitrogens with zero attached hydrogens (tertiary/aromatic N) is 1. The predicted molar refractivity (Wildman–Crippen MR) is 77.9 cm³/mol. The van der Waals surface area contributed by atoms with Crippen LogP contribution < -0.4 is 0 Å². The average molecular weight is 243 g/mol. The lowest BCUT2D eigenvalue weighted by molar-refractivity contribution is 0.565. The van der Waals surface area contributed by atoms with Crippen molar-refractivity contribution in [3.05, 3.63) is 54.6 Å². The quantitative estimate of drug-likeness (QED) is 0.274. The van der Waals surface area contributed by atoms with Gasteiger partial charge in [-0.1, -0.05) is 48.5 Å². The van der Waals surface area contributed by atoms with Crippen LogP contribution in [0.2, 0.25) is 0 Å². The fourth-order valence-corrected chi connectivity index (χ4v) is 2.87. The molecule has 0 radical (unpaired) electrons. The van der Waals surface area contributed by atoms with E-state index in [9.17, 15) is 4.79 Å². The number of benzene rings is 4. The molecule has 19 heavy (non-hydrogen) atoms. The van der Waals surface area contributed by atoms with Crippen molar-refractivity contribution in [3.8, 4) is 0 Å². The molecule has 0 fully saturated rings. The Morgan fingerprint density at radius 2 is 1.37 bits per heavy atom. The van der Waals surface area contributed by atoms with Gasteiger partial charge in [-0.3, -0.25) is 0 Å². The summed E-state index contributed by atoms with van der Waals surface area (Å²) in [6, 6.07) is 18.5. The zero-order chi connectivity index (χ0) is 12.8. The van der Waals surface area contributed by atoms with Gasteiger partial charge in [-0.05, 0) is 33.0 Å². The van der Waals surface area contributed by atoms with Crippen LogP contribution in [0.1, 0.15) is 0 Å². The van der Waals surface area contributed by atoms with Gasteiger partial charge in [0.15, 0.2) is 0 Å². The summed E-state index contributed by atoms with van der Waals surface area (Å²) in [4.78, 5) is 14.3. The summed E-state index contributed by atoms with van der Waals surface area (Å²) >= 11 is 0. The topological polar surface area (TPSA) is 29.4 Å². The van der Waals surface area contributed by atoms with Gasteiger partial charge in [-0.25, -0.2) is 4.79 Å². The van der Waals surface area contributed by atoms with E-state index in [0.29, 0.717) is 5.69 Å². The van der Waals surface area contributed by atoms with Crippen LogP contribution in [0.25, 0.3) is 32.3 Å². The predicted octanol–water partition coefficient (Wildman–Crippen LogP) is 4.55. The van der Waals surface area contributed by atoms with Crippen molar-refractivity contribution in [1.29, 1.82) is 0 Å². The highest BCUT2D eigenvalue weighted by Crippen LogP contribution is 2.38. The summed E-state index contributed by atoms with van der Waals surface area (Å²) in [5.74, 6) is 0. The van der Waals surface area contributed by atoms with Crippen LogP contribution in [0.5, 0.6) is 0 Å². The molecule has 2 heteroatoms. The molecule has 4 aromatic rings. The second-order valence-corrected chi connectivity index (χ2v) is 4.64. The first-order valence-electron chi connectivity index (χ1n) is 6.13. The lowest BCUT2D eigenvalue weighted by atomic mass is 9.94. The lowest BCUT2D eigenvalue weighted by Gasteiger charge is -2.11. The lowest BCUT2D eigenvalue weighted by Crippen LogP contribution is -1.83. The van der Waals surface area contributed by atoms with Crippen molar-refractivity contribution >= 4 is 44.1 Å². The van der Waals surface area contributed by atoms with Crippen molar-refractivity contribution in [2.75, 3.05) is 0 Å². The third kappa shape index (κ3) is 1.32. The van der Waals surface area contributed by atoms with E-state index in [4.69, 9.17) is 0 Å². The minimum Gasteiger partial charge on any atom is -0.211 e. The second-order valence-electron chi connectivity index (χ2n) is 4.64. The largest absolute Gasteiger partial charge is 0.240 e. The van der Waals surface area contributed by atoms with Crippen LogP contribution in [-0.4, -0.2) is 6.08 Å². The maximum absolute atomic E-state index is 10.5. The highest BCUT2D eigenvalue weighted by atomic mass is 16.1. The van der Waals surface area contributed by atoms with Crippen molar-refractivity contribution in [3.63, 3.8) is 0 Å². The first kappa shape index (κ1) is 10.2. The van der Waals surface area contributed by atoms with E-state index in [-0.39, 0.29) is 0 Å². The highest BCUT2D eigenvalue weighted by molar-refractivity contribution is 6.24. The summed E-state index contributed by atoms with van der Waals surface area (Å²) in [5.41, 5.74) is 0.681. The van der Waals surface area contributed by atoms with Crippen LogP contribution in [0.3, 0.4) is 0 Å². The molecule has 0 unspecified atom stereocenters. The number of hydrogen-bond acceptors (Lipinski definition) is 2. The monoisotopic (exact) mass is 243 g/mol. The maximum atomic E-state index is 10.5. The molecule has 4 aromatic carbocycles. The van der Waals surface area contributed by atoms with E-state index in [2.05, 4.69) is 41.4 Å². The maximum Gasteiger partial charge on any atom is 0.240 e. The number of rotatable bonds is 1. The molecular weight excluding hydrogens is 234 g/mol. The van der Waals surface area contributed by atoms with Gasteiger partial charge >= 0.3 is 0 Å². The standard InChI is InChI=1S/C17H9NO/c19-10-18-15-9-7-13-5-4-11-2-1-3-12-6-8-14(15)17(13)16(11)12/h1-9H. The highest BCUT2D eigenvalue weighted by Gasteiger charge is 2.09. The molecule has 0 aliphatic rings. The van der Waals surface area contributed by atoms with Gasteiger partial charge < -0.3 is 0 Å². The van der Waals surface area contributed by atoms with Gasteiger partial charge in [-0.2, -0.15) is 4.99 Å². The van der Waals surface area contributed by atoms with Crippen molar-refractivity contribution in [2.24, 2.45) is 4.99 Å². The number of isocyanates is 1. The van der Waals surface area contributed by atoms with Crippen LogP contribution in [0.15, 0.2) is 59.6 Å². The van der Waals surface area contributed by atoms with E-state index < -0.39 is 0 Å². The van der Waals surface area contributed by atoms with Crippen molar-refractivity contribution in [1.82, 2.24) is 0 Å². The Bertz CT molecular complexity index is 949. The average Bonchev–Trinajstić information content (AvgIpc) is 2.46. The number of carbonyl (C=O) groups excluding carboxylic acids is 1. The normalized spacial score (nSPS) is 11.2. The Morgan fingerprint density at radius 1 is 0.737 bits per heavy atom. The molecule has 88 valence electrons. The summed E-state index contributed by atoms with van der Waals surface area (Å²) < 4.78 is 0. The molecule has 0 heterocycles. The Morgan fingerprint density at radius 3 is 2.11 bits per heavy atom. The molecule has 0 atom stereocenters. The van der Waals surface area contributed by atoms with Gasteiger partial charge in [-0.15, -0.1) is 0 Å². The van der Waals surface area contributed by atoms with Gasteiger partial charge in [0.1, 0.15) is 0 Å². The molecule has 0 bridgehead atoms. The molecular formula is C17H9NO. The summed E-state index contributed by atoms with van der Waals surface area (Å²) in [5, 5.41) is 7.01. The van der Waals surface area contributed by atoms with Crippen LogP contribution >= 0.6 is 0 Å². The SMILES string of the molecule is O=C=Nc1ccc2ccc3cccc4ccc1c2c34. The molecule has 0 saturated heterocycles. The zero-order valence-corrected chi connectivity index (χ0v) is 10.1. The van der Waals surface area contributed by atoms with Crippen LogP contribution in [0, 0.1) is 0 Å². The summed E-state index contributed by atoms with van der Waals surface area (Å²) in [6.45, 7) is 0. The Labute approximate surface area is 109 Å². The van der Waals surface area contributed by atoms with E-state index >= 15 is 0 Å². The van der Waals surface area contributed by atoms with Gasteiger partial charge in [0.2, 0.25) is 6.08 Å². The molecule has 0 aliphatic carbocycles. The first-order chi connectivity index (χ1) is 9.38. The molecule has 0 amide bonds. The smallest absolute Gasteiger partial charge is 0.211 e. The number of hydrogen-bond donors (Lipinski definition) is 0. The third-order valence-electron chi connectivity index (χ3n) is 3.67. The molecule has 0 N–H and O–H groups in total. The molecule has 2 nitrogen and oxygen atoms in total. The minimum atomic E-state index is 0.681. The summed E-state index contributed by atoms with van der Waals surface area (Å²) in [6.07, 6.45) is 1.63. The van der Waals surface area contributed by atoms with Gasteiger partial charge in [0.25, 0.3) is 0 Å². The Hall–Kier alpha value is -2.70.